The van der Waals surface area contributed by atoms with Crippen molar-refractivity contribution in [3.63, 3.8) is 0 Å². The van der Waals surface area contributed by atoms with Gasteiger partial charge in [0, 0.05) is 19.5 Å². The second-order valence-corrected chi connectivity index (χ2v) is 3.95. The minimum atomic E-state index is -0.916. The van der Waals surface area contributed by atoms with Crippen molar-refractivity contribution < 1.29 is 14.7 Å². The maximum atomic E-state index is 11.5. The lowest BCUT2D eigenvalue weighted by Crippen LogP contribution is -2.40. The van der Waals surface area contributed by atoms with E-state index >= 15 is 0 Å². The van der Waals surface area contributed by atoms with Gasteiger partial charge in [-0.3, -0.25) is 9.59 Å². The Kier molecular flexibility index (Phi) is 4.55. The summed E-state index contributed by atoms with van der Waals surface area (Å²) < 4.78 is 0. The van der Waals surface area contributed by atoms with E-state index in [1.165, 1.54) is 0 Å². The SMILES string of the molecule is NCC1CCN(C(=O)CCC(=O)O)CC1. The minimum absolute atomic E-state index is 0.0483. The highest BCUT2D eigenvalue weighted by Gasteiger charge is 2.21. The van der Waals surface area contributed by atoms with E-state index in [9.17, 15) is 9.59 Å². The number of carbonyl (C=O) groups excluding carboxylic acids is 1. The third kappa shape index (κ3) is 3.87. The highest BCUT2D eigenvalue weighted by atomic mass is 16.4. The first-order valence-corrected chi connectivity index (χ1v) is 5.33. The standard InChI is InChI=1S/C10H18N2O3/c11-7-8-3-5-12(6-4-8)9(13)1-2-10(14)15/h8H,1-7,11H2,(H,14,15). The first-order valence-electron chi connectivity index (χ1n) is 5.33. The molecule has 0 saturated carbocycles. The van der Waals surface area contributed by atoms with E-state index in [2.05, 4.69) is 0 Å². The molecule has 15 heavy (non-hydrogen) atoms. The first-order chi connectivity index (χ1) is 7.13. The fourth-order valence-corrected chi connectivity index (χ4v) is 1.79. The number of amides is 1. The van der Waals surface area contributed by atoms with Crippen molar-refractivity contribution in [1.82, 2.24) is 4.90 Å². The summed E-state index contributed by atoms with van der Waals surface area (Å²) >= 11 is 0. The second-order valence-electron chi connectivity index (χ2n) is 3.95. The van der Waals surface area contributed by atoms with Gasteiger partial charge in [-0.25, -0.2) is 0 Å². The number of rotatable bonds is 4. The normalized spacial score (nSPS) is 17.8. The average molecular weight is 214 g/mol. The van der Waals surface area contributed by atoms with Gasteiger partial charge in [0.05, 0.1) is 6.42 Å². The van der Waals surface area contributed by atoms with Gasteiger partial charge in [0.15, 0.2) is 0 Å². The molecule has 0 aromatic rings. The lowest BCUT2D eigenvalue weighted by molar-refractivity contribution is -0.141. The molecule has 0 radical (unpaired) electrons. The largest absolute Gasteiger partial charge is 0.481 e. The van der Waals surface area contributed by atoms with Crippen LogP contribution in [0.3, 0.4) is 0 Å². The number of nitrogens with two attached hydrogens (primary N) is 1. The van der Waals surface area contributed by atoms with Crippen LogP contribution in [-0.4, -0.2) is 41.5 Å². The van der Waals surface area contributed by atoms with Gasteiger partial charge in [0.2, 0.25) is 5.91 Å². The lowest BCUT2D eigenvalue weighted by atomic mass is 9.97. The molecule has 0 aliphatic carbocycles. The molecule has 0 atom stereocenters. The molecule has 1 amide bonds. The molecule has 1 fully saturated rings. The molecular formula is C10H18N2O3. The fraction of sp³-hybridized carbons (Fsp3) is 0.800. The molecule has 0 unspecified atom stereocenters. The number of carbonyl (C=O) groups is 2. The van der Waals surface area contributed by atoms with E-state index in [1.807, 2.05) is 0 Å². The van der Waals surface area contributed by atoms with Gasteiger partial charge >= 0.3 is 5.97 Å². The lowest BCUT2D eigenvalue weighted by Gasteiger charge is -2.31. The van der Waals surface area contributed by atoms with Gasteiger partial charge in [-0.05, 0) is 25.3 Å². The van der Waals surface area contributed by atoms with Crippen LogP contribution in [0.1, 0.15) is 25.7 Å². The summed E-state index contributed by atoms with van der Waals surface area (Å²) in [4.78, 5) is 23.6. The number of carboxylic acid groups (broad SMARTS) is 1. The third-order valence-electron chi connectivity index (χ3n) is 2.85. The van der Waals surface area contributed by atoms with Gasteiger partial charge in [-0.15, -0.1) is 0 Å². The van der Waals surface area contributed by atoms with Crippen molar-refractivity contribution in [2.45, 2.75) is 25.7 Å². The molecule has 3 N–H and O–H groups in total. The Balaban J connectivity index is 2.27. The fourth-order valence-electron chi connectivity index (χ4n) is 1.79. The molecule has 5 nitrogen and oxygen atoms in total. The Morgan fingerprint density at radius 3 is 2.33 bits per heavy atom. The van der Waals surface area contributed by atoms with Gasteiger partial charge in [0.1, 0.15) is 0 Å². The number of aliphatic carboxylic acids is 1. The van der Waals surface area contributed by atoms with Gasteiger partial charge in [-0.1, -0.05) is 0 Å². The minimum Gasteiger partial charge on any atom is -0.481 e. The quantitative estimate of drug-likeness (QED) is 0.692. The molecule has 1 rings (SSSR count). The van der Waals surface area contributed by atoms with Crippen molar-refractivity contribution in [3.05, 3.63) is 0 Å². The third-order valence-corrected chi connectivity index (χ3v) is 2.85. The molecule has 0 aromatic carbocycles. The van der Waals surface area contributed by atoms with Gasteiger partial charge < -0.3 is 15.7 Å². The smallest absolute Gasteiger partial charge is 0.303 e. The van der Waals surface area contributed by atoms with Crippen molar-refractivity contribution in [2.75, 3.05) is 19.6 Å². The highest BCUT2D eigenvalue weighted by Crippen LogP contribution is 2.16. The van der Waals surface area contributed by atoms with E-state index in [0.29, 0.717) is 12.5 Å². The molecule has 1 aliphatic rings. The molecule has 5 heteroatoms. The Morgan fingerprint density at radius 1 is 1.27 bits per heavy atom. The van der Waals surface area contributed by atoms with Crippen LogP contribution in [0.2, 0.25) is 0 Å². The molecule has 0 aromatic heterocycles. The summed E-state index contributed by atoms with van der Waals surface area (Å²) in [6, 6.07) is 0. The number of carboxylic acids is 1. The Bertz CT molecular complexity index is 235. The topological polar surface area (TPSA) is 83.6 Å². The van der Waals surface area contributed by atoms with Gasteiger partial charge in [-0.2, -0.15) is 0 Å². The molecule has 0 spiro atoms. The van der Waals surface area contributed by atoms with Crippen LogP contribution in [0.25, 0.3) is 0 Å². The second kappa shape index (κ2) is 5.70. The first kappa shape index (κ1) is 12.0. The molecule has 0 bridgehead atoms. The molecular weight excluding hydrogens is 196 g/mol. The van der Waals surface area contributed by atoms with Crippen molar-refractivity contribution >= 4 is 11.9 Å². The summed E-state index contributed by atoms with van der Waals surface area (Å²) in [6.45, 7) is 2.12. The van der Waals surface area contributed by atoms with Crippen LogP contribution >= 0.6 is 0 Å². The Hall–Kier alpha value is -1.10. The van der Waals surface area contributed by atoms with Crippen LogP contribution < -0.4 is 5.73 Å². The zero-order valence-electron chi connectivity index (χ0n) is 8.82. The zero-order chi connectivity index (χ0) is 11.3. The van der Waals surface area contributed by atoms with E-state index in [0.717, 1.165) is 25.9 Å². The predicted octanol–water partition coefficient (Wildman–Crippen LogP) is 0.0485. The summed E-state index contributed by atoms with van der Waals surface area (Å²) in [6.07, 6.45) is 1.92. The number of likely N-dealkylation sites (tertiary alicyclic amines) is 1. The number of piperidine rings is 1. The predicted molar refractivity (Wildman–Crippen MR) is 55.2 cm³/mol. The average Bonchev–Trinajstić information content (AvgIpc) is 2.26. The van der Waals surface area contributed by atoms with E-state index in [1.54, 1.807) is 4.90 Å². The molecule has 1 saturated heterocycles. The van der Waals surface area contributed by atoms with E-state index in [4.69, 9.17) is 10.8 Å². The maximum Gasteiger partial charge on any atom is 0.303 e. The van der Waals surface area contributed by atoms with Crippen LogP contribution in [0, 0.1) is 5.92 Å². The zero-order valence-corrected chi connectivity index (χ0v) is 8.82. The van der Waals surface area contributed by atoms with E-state index < -0.39 is 5.97 Å². The summed E-state index contributed by atoms with van der Waals surface area (Å²) in [5.41, 5.74) is 5.54. The molecule has 86 valence electrons. The molecule has 1 heterocycles. The summed E-state index contributed by atoms with van der Waals surface area (Å²) in [5, 5.41) is 8.45. The van der Waals surface area contributed by atoms with Crippen LogP contribution in [0.5, 0.6) is 0 Å². The number of hydrogen-bond donors (Lipinski definition) is 2. The molecule has 1 aliphatic heterocycles. The van der Waals surface area contributed by atoms with Crippen molar-refractivity contribution in [2.24, 2.45) is 11.7 Å². The van der Waals surface area contributed by atoms with Crippen LogP contribution in [0.15, 0.2) is 0 Å². The van der Waals surface area contributed by atoms with Crippen LogP contribution in [0.4, 0.5) is 0 Å². The van der Waals surface area contributed by atoms with Crippen molar-refractivity contribution in [3.8, 4) is 0 Å². The number of nitrogens with zero attached hydrogens (tertiary/aromatic N) is 1. The number of hydrogen-bond acceptors (Lipinski definition) is 3. The highest BCUT2D eigenvalue weighted by molar-refractivity contribution is 5.80. The monoisotopic (exact) mass is 214 g/mol. The van der Waals surface area contributed by atoms with Gasteiger partial charge in [0.25, 0.3) is 0 Å². The van der Waals surface area contributed by atoms with Crippen molar-refractivity contribution in [1.29, 1.82) is 0 Å². The summed E-state index contributed by atoms with van der Waals surface area (Å²) in [7, 11) is 0. The van der Waals surface area contributed by atoms with E-state index in [-0.39, 0.29) is 18.7 Å². The van der Waals surface area contributed by atoms with Crippen LogP contribution in [-0.2, 0) is 9.59 Å². The maximum absolute atomic E-state index is 11.5. The Labute approximate surface area is 89.2 Å². The summed E-state index contributed by atoms with van der Waals surface area (Å²) in [5.74, 6) is -0.443. The Morgan fingerprint density at radius 2 is 1.87 bits per heavy atom.